The van der Waals surface area contributed by atoms with Crippen LogP contribution in [0.15, 0.2) is 0 Å². The minimum Gasteiger partial charge on any atom is -0.388 e. The summed E-state index contributed by atoms with van der Waals surface area (Å²) in [6.45, 7) is 3.38. The van der Waals surface area contributed by atoms with Crippen LogP contribution in [-0.4, -0.2) is 23.3 Å². The molecule has 0 aromatic rings. The second-order valence-electron chi connectivity index (χ2n) is 6.19. The van der Waals surface area contributed by atoms with Gasteiger partial charge in [0.2, 0.25) is 0 Å². The number of hydrogen-bond acceptors (Lipinski definition) is 2. The van der Waals surface area contributed by atoms with Gasteiger partial charge in [0.1, 0.15) is 0 Å². The summed E-state index contributed by atoms with van der Waals surface area (Å²) in [5, 5.41) is 14.5. The highest BCUT2D eigenvalue weighted by molar-refractivity contribution is 4.95. The average Bonchev–Trinajstić information content (AvgIpc) is 2.55. The number of nitrogens with one attached hydrogen (secondary N) is 1. The fourth-order valence-electron chi connectivity index (χ4n) is 3.78. The van der Waals surface area contributed by atoms with Gasteiger partial charge in [0.15, 0.2) is 0 Å². The van der Waals surface area contributed by atoms with Crippen molar-refractivity contribution in [3.63, 3.8) is 0 Å². The van der Waals surface area contributed by atoms with Crippen molar-refractivity contribution < 1.29 is 5.11 Å². The van der Waals surface area contributed by atoms with E-state index >= 15 is 0 Å². The summed E-state index contributed by atoms with van der Waals surface area (Å²) in [7, 11) is 0. The van der Waals surface area contributed by atoms with Gasteiger partial charge in [0.25, 0.3) is 0 Å². The molecule has 0 aromatic carbocycles. The van der Waals surface area contributed by atoms with Crippen LogP contribution in [0, 0.1) is 5.92 Å². The quantitative estimate of drug-likeness (QED) is 0.741. The monoisotopic (exact) mass is 239 g/mol. The van der Waals surface area contributed by atoms with Crippen molar-refractivity contribution in [1.82, 2.24) is 5.32 Å². The van der Waals surface area contributed by atoms with Crippen molar-refractivity contribution in [3.05, 3.63) is 0 Å². The molecule has 0 spiro atoms. The lowest BCUT2D eigenvalue weighted by Crippen LogP contribution is -2.52. The number of rotatable bonds is 3. The van der Waals surface area contributed by atoms with Gasteiger partial charge in [-0.05, 0) is 44.6 Å². The Hall–Kier alpha value is -0.0800. The Kier molecular flexibility index (Phi) is 4.87. The summed E-state index contributed by atoms with van der Waals surface area (Å²) in [5.74, 6) is 0.873. The SMILES string of the molecule is CCCC1CCCC(O)(C2CCCCN2)CC1. The lowest BCUT2D eigenvalue weighted by molar-refractivity contribution is -0.0211. The third-order valence-electron chi connectivity index (χ3n) is 4.86. The van der Waals surface area contributed by atoms with Gasteiger partial charge in [-0.1, -0.05) is 39.0 Å². The lowest BCUT2D eigenvalue weighted by atomic mass is 9.82. The molecule has 3 atom stereocenters. The maximum absolute atomic E-state index is 10.9. The summed E-state index contributed by atoms with van der Waals surface area (Å²) >= 11 is 0. The summed E-state index contributed by atoms with van der Waals surface area (Å²) in [6, 6.07) is 0.372. The van der Waals surface area contributed by atoms with Crippen LogP contribution >= 0.6 is 0 Å². The Labute approximate surface area is 106 Å². The van der Waals surface area contributed by atoms with Gasteiger partial charge in [-0.3, -0.25) is 0 Å². The Morgan fingerprint density at radius 2 is 2.00 bits per heavy atom. The van der Waals surface area contributed by atoms with Crippen LogP contribution in [0.25, 0.3) is 0 Å². The molecular formula is C15H29NO. The van der Waals surface area contributed by atoms with Gasteiger partial charge >= 0.3 is 0 Å². The zero-order valence-corrected chi connectivity index (χ0v) is 11.4. The van der Waals surface area contributed by atoms with Gasteiger partial charge in [0, 0.05) is 6.04 Å². The van der Waals surface area contributed by atoms with Crippen molar-refractivity contribution in [2.45, 2.75) is 82.8 Å². The second-order valence-corrected chi connectivity index (χ2v) is 6.19. The minimum atomic E-state index is -0.400. The first kappa shape index (κ1) is 13.4. The molecule has 1 saturated carbocycles. The third-order valence-corrected chi connectivity index (χ3v) is 4.86. The lowest BCUT2D eigenvalue weighted by Gasteiger charge is -2.38. The van der Waals surface area contributed by atoms with Crippen LogP contribution in [0.2, 0.25) is 0 Å². The predicted molar refractivity (Wildman–Crippen MR) is 72.1 cm³/mol. The van der Waals surface area contributed by atoms with Crippen LogP contribution in [0.3, 0.4) is 0 Å². The molecular weight excluding hydrogens is 210 g/mol. The molecule has 2 heteroatoms. The maximum atomic E-state index is 10.9. The largest absolute Gasteiger partial charge is 0.388 e. The Bertz CT molecular complexity index is 225. The molecule has 100 valence electrons. The van der Waals surface area contributed by atoms with E-state index in [1.54, 1.807) is 0 Å². The smallest absolute Gasteiger partial charge is 0.0800 e. The summed E-state index contributed by atoms with van der Waals surface area (Å²) in [5.41, 5.74) is -0.400. The van der Waals surface area contributed by atoms with Crippen LogP contribution in [-0.2, 0) is 0 Å². The van der Waals surface area contributed by atoms with Crippen molar-refractivity contribution in [2.24, 2.45) is 5.92 Å². The number of piperidine rings is 1. The standard InChI is InChI=1S/C15H29NO/c1-2-6-13-7-5-10-15(17,11-9-13)14-8-3-4-12-16-14/h13-14,16-17H,2-12H2,1H3. The molecule has 2 rings (SSSR count). The van der Waals surface area contributed by atoms with Crippen LogP contribution < -0.4 is 5.32 Å². The first-order chi connectivity index (χ1) is 8.24. The molecule has 0 bridgehead atoms. The molecule has 2 nitrogen and oxygen atoms in total. The molecule has 3 unspecified atom stereocenters. The summed E-state index contributed by atoms with van der Waals surface area (Å²) < 4.78 is 0. The normalized spacial score (nSPS) is 39.9. The van der Waals surface area contributed by atoms with Gasteiger partial charge in [-0.2, -0.15) is 0 Å². The van der Waals surface area contributed by atoms with Crippen LogP contribution in [0.1, 0.15) is 71.1 Å². The zero-order valence-electron chi connectivity index (χ0n) is 11.4. The second kappa shape index (κ2) is 6.19. The van der Waals surface area contributed by atoms with Crippen molar-refractivity contribution >= 4 is 0 Å². The van der Waals surface area contributed by atoms with Gasteiger partial charge < -0.3 is 10.4 Å². The first-order valence-corrected chi connectivity index (χ1v) is 7.70. The average molecular weight is 239 g/mol. The third kappa shape index (κ3) is 3.45. The maximum Gasteiger partial charge on any atom is 0.0800 e. The van der Waals surface area contributed by atoms with Crippen LogP contribution in [0.5, 0.6) is 0 Å². The molecule has 0 amide bonds. The van der Waals surface area contributed by atoms with E-state index in [1.807, 2.05) is 0 Å². The van der Waals surface area contributed by atoms with Gasteiger partial charge in [-0.15, -0.1) is 0 Å². The Morgan fingerprint density at radius 3 is 2.71 bits per heavy atom. The first-order valence-electron chi connectivity index (χ1n) is 7.70. The van der Waals surface area contributed by atoms with E-state index in [4.69, 9.17) is 0 Å². The molecule has 17 heavy (non-hydrogen) atoms. The van der Waals surface area contributed by atoms with Crippen molar-refractivity contribution in [2.75, 3.05) is 6.54 Å². The topological polar surface area (TPSA) is 32.3 Å². The highest BCUT2D eigenvalue weighted by Gasteiger charge is 2.38. The molecule has 0 radical (unpaired) electrons. The number of aliphatic hydroxyl groups is 1. The fraction of sp³-hybridized carbons (Fsp3) is 1.00. The highest BCUT2D eigenvalue weighted by Crippen LogP contribution is 2.36. The molecule has 2 aliphatic rings. The molecule has 2 fully saturated rings. The van der Waals surface area contributed by atoms with Crippen molar-refractivity contribution in [1.29, 1.82) is 0 Å². The Morgan fingerprint density at radius 1 is 1.12 bits per heavy atom. The predicted octanol–water partition coefficient (Wildman–Crippen LogP) is 3.24. The van der Waals surface area contributed by atoms with E-state index in [0.29, 0.717) is 6.04 Å². The molecule has 1 heterocycles. The van der Waals surface area contributed by atoms with Crippen molar-refractivity contribution in [3.8, 4) is 0 Å². The fourth-order valence-corrected chi connectivity index (χ4v) is 3.78. The molecule has 1 saturated heterocycles. The van der Waals surface area contributed by atoms with Crippen LogP contribution in [0.4, 0.5) is 0 Å². The zero-order chi connectivity index (χ0) is 12.1. The van der Waals surface area contributed by atoms with E-state index < -0.39 is 5.60 Å². The summed E-state index contributed by atoms with van der Waals surface area (Å²) in [6.07, 6.45) is 12.2. The summed E-state index contributed by atoms with van der Waals surface area (Å²) in [4.78, 5) is 0. The van der Waals surface area contributed by atoms with E-state index in [0.717, 1.165) is 25.3 Å². The van der Waals surface area contributed by atoms with E-state index in [-0.39, 0.29) is 0 Å². The molecule has 2 N–H and O–H groups in total. The minimum absolute atomic E-state index is 0.372. The molecule has 1 aliphatic heterocycles. The number of hydrogen-bond donors (Lipinski definition) is 2. The molecule has 0 aromatic heterocycles. The van der Waals surface area contributed by atoms with Gasteiger partial charge in [-0.25, -0.2) is 0 Å². The molecule has 1 aliphatic carbocycles. The van der Waals surface area contributed by atoms with Gasteiger partial charge in [0.05, 0.1) is 5.60 Å². The Balaban J connectivity index is 1.90. The van der Waals surface area contributed by atoms with E-state index in [1.165, 1.54) is 51.4 Å². The van der Waals surface area contributed by atoms with E-state index in [9.17, 15) is 5.11 Å². The van der Waals surface area contributed by atoms with E-state index in [2.05, 4.69) is 12.2 Å². The highest BCUT2D eigenvalue weighted by atomic mass is 16.3.